The van der Waals surface area contributed by atoms with Crippen LogP contribution in [0.2, 0.25) is 0 Å². The van der Waals surface area contributed by atoms with E-state index in [1.165, 1.54) is 15.6 Å². The lowest BCUT2D eigenvalue weighted by molar-refractivity contribution is 0.947. The number of para-hydroxylation sites is 2. The second-order valence-electron chi connectivity index (χ2n) is 18.2. The Morgan fingerprint density at radius 1 is 0.368 bits per heavy atom. The first-order valence-electron chi connectivity index (χ1n) is 25.4. The number of benzene rings is 9. The fraction of sp³-hybridized carbons (Fsp3) is 0.0147. The number of nitrogens with zero attached hydrogens (tertiary/aromatic N) is 7. The molecule has 8 heteroatoms. The standard InChI is InChI=1S/C68H53N7Si/c1-3-59(76(60-40-24-10-25-41-60,61-42-26-11-27-43-61)62-48-45-58(46-49-62)75(56-36-20-8-21-37-56)57-38-22-9-23-39-57)47-44-51(2)74(67-69-63(52-28-12-4-13-29-52)50-64(70-67)53-30-14-5-15-31-53)68-72-65(54-32-16-6-17-33-54)71-66(73-68)55-34-18-7-19-35-55/h3-50H,1H2,2H3/b51-44+,59-47+. The van der Waals surface area contributed by atoms with E-state index in [4.69, 9.17) is 24.9 Å². The third kappa shape index (κ3) is 10.1. The zero-order valence-corrected chi connectivity index (χ0v) is 43.1. The van der Waals surface area contributed by atoms with Gasteiger partial charge < -0.3 is 4.90 Å². The van der Waals surface area contributed by atoms with Gasteiger partial charge in [0.15, 0.2) is 19.7 Å². The normalized spacial score (nSPS) is 11.7. The highest BCUT2D eigenvalue weighted by molar-refractivity contribution is 7.16. The average Bonchev–Trinajstić information content (AvgIpc) is 3.53. The first kappa shape index (κ1) is 48.4. The second-order valence-corrected chi connectivity index (χ2v) is 22.0. The molecule has 364 valence electrons. The molecule has 7 nitrogen and oxygen atoms in total. The summed E-state index contributed by atoms with van der Waals surface area (Å²) >= 11 is 0. The Kier molecular flexibility index (Phi) is 14.3. The van der Waals surface area contributed by atoms with Gasteiger partial charge in [0, 0.05) is 45.0 Å². The van der Waals surface area contributed by atoms with E-state index in [1.807, 2.05) is 114 Å². The van der Waals surface area contributed by atoms with Crippen LogP contribution in [-0.4, -0.2) is 33.0 Å². The third-order valence-corrected chi connectivity index (χ3v) is 18.3. The molecule has 9 aromatic carbocycles. The van der Waals surface area contributed by atoms with Crippen LogP contribution in [0, 0.1) is 0 Å². The van der Waals surface area contributed by atoms with Gasteiger partial charge in [-0.15, -0.1) is 0 Å². The van der Waals surface area contributed by atoms with Crippen molar-refractivity contribution in [1.29, 1.82) is 0 Å². The number of hydrogen-bond donors (Lipinski definition) is 0. The molecule has 0 atom stereocenters. The predicted octanol–water partition coefficient (Wildman–Crippen LogP) is 14.7. The highest BCUT2D eigenvalue weighted by Gasteiger charge is 2.42. The number of allylic oxidation sites excluding steroid dienone is 5. The van der Waals surface area contributed by atoms with E-state index in [-0.39, 0.29) is 0 Å². The van der Waals surface area contributed by atoms with Crippen molar-refractivity contribution in [3.8, 4) is 45.3 Å². The summed E-state index contributed by atoms with van der Waals surface area (Å²) in [5.74, 6) is 1.81. The fourth-order valence-corrected chi connectivity index (χ4v) is 14.5. The lowest BCUT2D eigenvalue weighted by atomic mass is 10.1. The van der Waals surface area contributed by atoms with Crippen LogP contribution in [-0.2, 0) is 0 Å². The molecule has 0 fully saturated rings. The van der Waals surface area contributed by atoms with Gasteiger partial charge in [-0.3, -0.25) is 4.90 Å². The van der Waals surface area contributed by atoms with Crippen LogP contribution in [0.15, 0.2) is 309 Å². The lowest BCUT2D eigenvalue weighted by Gasteiger charge is -2.35. The van der Waals surface area contributed by atoms with Gasteiger partial charge in [0.2, 0.25) is 11.9 Å². The summed E-state index contributed by atoms with van der Waals surface area (Å²) in [5.41, 5.74) is 9.09. The van der Waals surface area contributed by atoms with E-state index in [0.29, 0.717) is 23.5 Å². The maximum Gasteiger partial charge on any atom is 0.240 e. The molecule has 0 aliphatic rings. The van der Waals surface area contributed by atoms with Gasteiger partial charge in [-0.1, -0.05) is 249 Å². The maximum absolute atomic E-state index is 5.37. The zero-order valence-electron chi connectivity index (χ0n) is 42.1. The molecule has 0 aliphatic heterocycles. The Hall–Kier alpha value is -9.89. The molecule has 11 rings (SSSR count). The molecule has 0 saturated carbocycles. The van der Waals surface area contributed by atoms with E-state index >= 15 is 0 Å². The van der Waals surface area contributed by atoms with E-state index in [2.05, 4.69) is 200 Å². The smallest absolute Gasteiger partial charge is 0.240 e. The maximum atomic E-state index is 5.37. The number of hydrogen-bond acceptors (Lipinski definition) is 7. The van der Waals surface area contributed by atoms with Crippen molar-refractivity contribution in [2.24, 2.45) is 0 Å². The van der Waals surface area contributed by atoms with E-state index < -0.39 is 8.07 Å². The molecular weight excluding hydrogens is 943 g/mol. The Morgan fingerprint density at radius 3 is 1.12 bits per heavy atom. The summed E-state index contributed by atoms with van der Waals surface area (Å²) in [6.07, 6.45) is 6.41. The Labute approximate surface area is 445 Å². The quantitative estimate of drug-likeness (QED) is 0.0542. The van der Waals surface area contributed by atoms with Crippen LogP contribution in [0.4, 0.5) is 29.0 Å². The van der Waals surface area contributed by atoms with Crippen molar-refractivity contribution in [3.63, 3.8) is 0 Å². The first-order valence-corrected chi connectivity index (χ1v) is 27.4. The molecule has 11 aromatic rings. The van der Waals surface area contributed by atoms with Crippen molar-refractivity contribution < 1.29 is 0 Å². The van der Waals surface area contributed by atoms with Crippen molar-refractivity contribution in [1.82, 2.24) is 24.9 Å². The minimum atomic E-state index is -3.15. The molecule has 0 aliphatic carbocycles. The Balaban J connectivity index is 1.14. The van der Waals surface area contributed by atoms with Crippen LogP contribution in [0.25, 0.3) is 45.3 Å². The average molecular weight is 996 g/mol. The summed E-state index contributed by atoms with van der Waals surface area (Å²) in [6.45, 7) is 6.67. The molecule has 0 saturated heterocycles. The zero-order chi connectivity index (χ0) is 51.5. The minimum absolute atomic E-state index is 0.367. The molecule has 2 heterocycles. The Morgan fingerprint density at radius 2 is 0.711 bits per heavy atom. The summed E-state index contributed by atoms with van der Waals surface area (Å²) in [5, 5.41) is 4.71. The van der Waals surface area contributed by atoms with Crippen molar-refractivity contribution in [3.05, 3.63) is 309 Å². The summed E-state index contributed by atoms with van der Waals surface area (Å²) < 4.78 is 0. The summed E-state index contributed by atoms with van der Waals surface area (Å²) in [6, 6.07) is 94.5. The van der Waals surface area contributed by atoms with Crippen LogP contribution in [0.3, 0.4) is 0 Å². The lowest BCUT2D eigenvalue weighted by Crippen LogP contribution is -2.68. The van der Waals surface area contributed by atoms with Crippen molar-refractivity contribution >= 4 is 52.6 Å². The minimum Gasteiger partial charge on any atom is -0.311 e. The molecule has 0 radical (unpaired) electrons. The second kappa shape index (κ2) is 22.5. The van der Waals surface area contributed by atoms with E-state index in [1.54, 1.807) is 0 Å². The molecule has 0 amide bonds. The van der Waals surface area contributed by atoms with Gasteiger partial charge in [0.25, 0.3) is 0 Å². The number of rotatable bonds is 16. The van der Waals surface area contributed by atoms with Crippen molar-refractivity contribution in [2.45, 2.75) is 6.92 Å². The SMILES string of the molecule is C=C/C(=C\C=C(/C)N(c1nc(-c2ccccc2)cc(-c2ccccc2)n1)c1nc(-c2ccccc2)nc(-c2ccccc2)n1)[Si](c1ccccc1)(c1ccccc1)c1ccc(N(c2ccccc2)c2ccccc2)cc1. The molecule has 76 heavy (non-hydrogen) atoms. The summed E-state index contributed by atoms with van der Waals surface area (Å²) in [7, 11) is -3.15. The van der Waals surface area contributed by atoms with Gasteiger partial charge in [-0.25, -0.2) is 15.0 Å². The van der Waals surface area contributed by atoms with Gasteiger partial charge in [0.1, 0.15) is 0 Å². The van der Waals surface area contributed by atoms with Gasteiger partial charge in [0.05, 0.1) is 11.4 Å². The predicted molar refractivity (Wildman–Crippen MR) is 316 cm³/mol. The third-order valence-electron chi connectivity index (χ3n) is 13.5. The van der Waals surface area contributed by atoms with Crippen LogP contribution in [0.5, 0.6) is 0 Å². The molecule has 0 bridgehead atoms. The molecule has 0 spiro atoms. The molecule has 0 N–H and O–H groups in total. The molecule has 0 unspecified atom stereocenters. The van der Waals surface area contributed by atoms with Crippen LogP contribution < -0.4 is 25.4 Å². The molecular formula is C68H53N7Si. The first-order chi connectivity index (χ1) is 37.6. The highest BCUT2D eigenvalue weighted by atomic mass is 28.3. The van der Waals surface area contributed by atoms with Crippen LogP contribution in [0.1, 0.15) is 6.92 Å². The monoisotopic (exact) mass is 995 g/mol. The van der Waals surface area contributed by atoms with Crippen molar-refractivity contribution in [2.75, 3.05) is 9.80 Å². The fourth-order valence-electron chi connectivity index (χ4n) is 9.82. The number of aromatic nitrogens is 5. The number of anilines is 5. The molecule has 2 aromatic heterocycles. The van der Waals surface area contributed by atoms with Gasteiger partial charge in [-0.2, -0.15) is 9.97 Å². The van der Waals surface area contributed by atoms with Gasteiger partial charge in [-0.05, 0) is 76.2 Å². The summed E-state index contributed by atoms with van der Waals surface area (Å²) in [4.78, 5) is 30.7. The van der Waals surface area contributed by atoms with E-state index in [0.717, 1.165) is 61.6 Å². The van der Waals surface area contributed by atoms with E-state index in [9.17, 15) is 0 Å². The Bertz CT molecular complexity index is 3430. The van der Waals surface area contributed by atoms with Gasteiger partial charge >= 0.3 is 0 Å². The highest BCUT2D eigenvalue weighted by Crippen LogP contribution is 2.36. The topological polar surface area (TPSA) is 70.9 Å². The largest absolute Gasteiger partial charge is 0.311 e. The van der Waals surface area contributed by atoms with Crippen LogP contribution >= 0.6 is 0 Å².